The maximum absolute atomic E-state index is 14.3. The molecule has 2 aromatic heterocycles. The molecule has 3 aliphatic rings. The second-order valence-corrected chi connectivity index (χ2v) is 10.8. The zero-order chi connectivity index (χ0) is 27.4. The summed E-state index contributed by atoms with van der Waals surface area (Å²) >= 11 is 0. The normalized spacial score (nSPS) is 32.1. The number of phosphoric acid groups is 1. The molecule has 3 fully saturated rings. The third-order valence-electron chi connectivity index (χ3n) is 6.71. The number of rotatable bonds is 7. The zero-order valence-corrected chi connectivity index (χ0v) is 21.8. The van der Waals surface area contributed by atoms with Gasteiger partial charge < -0.3 is 24.7 Å². The lowest BCUT2D eigenvalue weighted by Crippen LogP contribution is -2.42. The quantitative estimate of drug-likeness (QED) is 0.327. The van der Waals surface area contributed by atoms with Crippen LogP contribution in [-0.4, -0.2) is 63.3 Å². The Morgan fingerprint density at radius 3 is 2.92 bits per heavy atom. The van der Waals surface area contributed by atoms with Gasteiger partial charge in [-0.15, -0.1) is 0 Å². The molecule has 0 aliphatic carbocycles. The van der Waals surface area contributed by atoms with Gasteiger partial charge in [-0.2, -0.15) is 9.97 Å². The van der Waals surface area contributed by atoms with E-state index in [1.807, 2.05) is 0 Å². The Labute approximate surface area is 221 Å². The summed E-state index contributed by atoms with van der Waals surface area (Å²) < 4.78 is 68.5. The summed E-state index contributed by atoms with van der Waals surface area (Å²) in [4.78, 5) is 24.8. The van der Waals surface area contributed by atoms with Crippen molar-refractivity contribution in [1.82, 2.24) is 19.5 Å². The van der Waals surface area contributed by atoms with E-state index in [1.165, 1.54) is 12.4 Å². The van der Waals surface area contributed by atoms with Gasteiger partial charge in [0.2, 0.25) is 11.8 Å². The molecule has 16 heteroatoms. The van der Waals surface area contributed by atoms with Gasteiger partial charge in [0.25, 0.3) is 0 Å². The third-order valence-corrected chi connectivity index (χ3v) is 8.18. The van der Waals surface area contributed by atoms with Crippen LogP contribution in [0.5, 0.6) is 5.88 Å². The molecule has 2 N–H and O–H groups in total. The minimum atomic E-state index is -4.12. The topological polar surface area (TPSA) is 168 Å². The molecule has 6 atom stereocenters. The van der Waals surface area contributed by atoms with Crippen molar-refractivity contribution in [2.75, 3.05) is 25.6 Å². The highest BCUT2D eigenvalue weighted by atomic mass is 31.2. The maximum atomic E-state index is 14.3. The molecule has 5 heterocycles. The first-order chi connectivity index (χ1) is 18.7. The Kier molecular flexibility index (Phi) is 6.43. The summed E-state index contributed by atoms with van der Waals surface area (Å²) in [6.45, 7) is 3.36. The van der Waals surface area contributed by atoms with Crippen LogP contribution < -0.4 is 10.5 Å². The van der Waals surface area contributed by atoms with Crippen LogP contribution in [0.2, 0.25) is 0 Å². The van der Waals surface area contributed by atoms with Crippen molar-refractivity contribution in [3.63, 3.8) is 0 Å². The molecular weight excluding hydrogens is 540 g/mol. The van der Waals surface area contributed by atoms with Crippen molar-refractivity contribution in [2.24, 2.45) is 0 Å². The fourth-order valence-electron chi connectivity index (χ4n) is 4.99. The molecule has 0 spiro atoms. The summed E-state index contributed by atoms with van der Waals surface area (Å²) in [7, 11) is -4.12. The highest BCUT2D eigenvalue weighted by Crippen LogP contribution is 2.58. The lowest BCUT2D eigenvalue weighted by atomic mass is 9.96. The Balaban J connectivity index is 1.26. The number of hydrogen-bond donors (Lipinski definition) is 1. The summed E-state index contributed by atoms with van der Waals surface area (Å²) in [6.07, 6.45) is -2.94. The fourth-order valence-corrected chi connectivity index (χ4v) is 6.38. The number of benzene rings is 1. The summed E-state index contributed by atoms with van der Waals surface area (Å²) in [5, 5.41) is 0. The summed E-state index contributed by atoms with van der Waals surface area (Å²) in [5.41, 5.74) is 5.29. The molecule has 3 aliphatic heterocycles. The highest BCUT2D eigenvalue weighted by Gasteiger charge is 2.64. The number of fused-ring (bicyclic) bond motifs is 2. The number of carbonyl (C=O) groups excluding carboxylic acids is 1. The molecule has 3 saturated heterocycles. The number of nitrogens with two attached hydrogens (primary N) is 1. The van der Waals surface area contributed by atoms with Crippen molar-refractivity contribution in [2.45, 2.75) is 50.4 Å². The van der Waals surface area contributed by atoms with E-state index in [1.54, 1.807) is 36.6 Å². The number of anilines is 1. The van der Waals surface area contributed by atoms with Gasteiger partial charge in [-0.25, -0.2) is 18.7 Å². The van der Waals surface area contributed by atoms with Crippen LogP contribution in [0.15, 0.2) is 30.6 Å². The van der Waals surface area contributed by atoms with Crippen LogP contribution in [0.1, 0.15) is 38.2 Å². The molecule has 0 radical (unpaired) electrons. The first-order valence-corrected chi connectivity index (χ1v) is 13.7. The first kappa shape index (κ1) is 25.9. The van der Waals surface area contributed by atoms with Gasteiger partial charge in [-0.1, -0.05) is 18.2 Å². The van der Waals surface area contributed by atoms with Crippen molar-refractivity contribution in [3.05, 3.63) is 42.0 Å². The van der Waals surface area contributed by atoms with E-state index in [2.05, 4.69) is 15.0 Å². The second-order valence-electron chi connectivity index (χ2n) is 9.23. The van der Waals surface area contributed by atoms with Crippen LogP contribution in [0.4, 0.5) is 15.1 Å². The predicted octanol–water partition coefficient (Wildman–Crippen LogP) is 3.44. The SMILES string of the molecule is CCOc1nc(N)nc2ncn([C@@H]3O[C@H](CO[P@]4(=O)OCC[C@H](c5ccccc5F)O4)[C@H]4OC(=O)O[C@]43C)c12. The average Bonchev–Trinajstić information content (AvgIpc) is 3.52. The number of nitrogens with zero attached hydrogens (tertiary/aromatic N) is 4. The standard InChI is InChI=1S/C23H25FN5O9P/c1-3-32-19-16-18(27-21(25)28-19)26-11-29(16)20-23(2)17(36-22(30)37-23)15(35-20)10-34-39(31)33-9-8-14(38-39)12-6-4-5-7-13(12)24/h4-7,11,14-15,17,20H,3,8-10H2,1-2H3,(H2,25,27,28)/t14-,15-,17-,20-,23-,39+/m1/s1. The molecular formula is C23H25FN5O9P. The molecule has 0 saturated carbocycles. The number of imidazole rings is 1. The Bertz CT molecular complexity index is 1470. The maximum Gasteiger partial charge on any atom is 0.509 e. The monoisotopic (exact) mass is 565 g/mol. The molecule has 1 aromatic carbocycles. The van der Waals surface area contributed by atoms with Crippen molar-refractivity contribution in [3.8, 4) is 5.88 Å². The van der Waals surface area contributed by atoms with E-state index in [0.717, 1.165) is 0 Å². The largest absolute Gasteiger partial charge is 0.509 e. The van der Waals surface area contributed by atoms with Crippen LogP contribution in [0, 0.1) is 5.82 Å². The molecule has 208 valence electrons. The highest BCUT2D eigenvalue weighted by molar-refractivity contribution is 7.48. The number of halogens is 1. The van der Waals surface area contributed by atoms with Crippen LogP contribution in [-0.2, 0) is 32.3 Å². The van der Waals surface area contributed by atoms with Crippen LogP contribution in [0.25, 0.3) is 11.2 Å². The van der Waals surface area contributed by atoms with E-state index < -0.39 is 49.9 Å². The summed E-state index contributed by atoms with van der Waals surface area (Å²) in [5.74, 6) is -0.354. The van der Waals surface area contributed by atoms with Crippen LogP contribution >= 0.6 is 7.82 Å². The molecule has 0 bridgehead atoms. The Hall–Kier alpha value is -3.36. The van der Waals surface area contributed by atoms with Gasteiger partial charge in [0.15, 0.2) is 29.1 Å². The number of hydrogen-bond acceptors (Lipinski definition) is 13. The van der Waals surface area contributed by atoms with E-state index >= 15 is 0 Å². The van der Waals surface area contributed by atoms with Crippen molar-refractivity contribution < 1.29 is 46.3 Å². The number of nitrogen functional groups attached to an aromatic ring is 1. The van der Waals surface area contributed by atoms with Gasteiger partial charge in [-0.3, -0.25) is 18.1 Å². The van der Waals surface area contributed by atoms with Gasteiger partial charge in [0.05, 0.1) is 25.9 Å². The molecule has 0 amide bonds. The van der Waals surface area contributed by atoms with Gasteiger partial charge in [0, 0.05) is 12.0 Å². The number of ether oxygens (including phenoxy) is 4. The van der Waals surface area contributed by atoms with E-state index in [-0.39, 0.29) is 42.7 Å². The molecule has 3 aromatic rings. The lowest BCUT2D eigenvalue weighted by Gasteiger charge is -2.30. The minimum Gasteiger partial charge on any atom is -0.476 e. The smallest absolute Gasteiger partial charge is 0.476 e. The van der Waals surface area contributed by atoms with Crippen LogP contribution in [0.3, 0.4) is 0 Å². The van der Waals surface area contributed by atoms with Crippen molar-refractivity contribution >= 4 is 31.1 Å². The Morgan fingerprint density at radius 2 is 2.13 bits per heavy atom. The fraction of sp³-hybridized carbons (Fsp3) is 0.478. The summed E-state index contributed by atoms with van der Waals surface area (Å²) in [6, 6.07) is 6.04. The number of phosphoric ester groups is 1. The minimum absolute atomic E-state index is 0.0219. The van der Waals surface area contributed by atoms with Gasteiger partial charge in [-0.05, 0) is 19.9 Å². The van der Waals surface area contributed by atoms with E-state index in [9.17, 15) is 13.8 Å². The lowest BCUT2D eigenvalue weighted by molar-refractivity contribution is -0.0925. The van der Waals surface area contributed by atoms with E-state index in [4.69, 9.17) is 38.3 Å². The molecule has 0 unspecified atom stereocenters. The predicted molar refractivity (Wildman–Crippen MR) is 129 cm³/mol. The molecule has 39 heavy (non-hydrogen) atoms. The van der Waals surface area contributed by atoms with Gasteiger partial charge >= 0.3 is 14.0 Å². The first-order valence-electron chi connectivity index (χ1n) is 12.2. The Morgan fingerprint density at radius 1 is 1.31 bits per heavy atom. The number of carbonyl (C=O) groups is 1. The molecule has 14 nitrogen and oxygen atoms in total. The van der Waals surface area contributed by atoms with E-state index in [0.29, 0.717) is 12.1 Å². The zero-order valence-electron chi connectivity index (χ0n) is 20.9. The number of aromatic nitrogens is 4. The van der Waals surface area contributed by atoms with Gasteiger partial charge in [0.1, 0.15) is 18.2 Å². The van der Waals surface area contributed by atoms with Crippen molar-refractivity contribution in [1.29, 1.82) is 0 Å². The molecule has 6 rings (SSSR count). The second kappa shape index (κ2) is 9.68. The third kappa shape index (κ3) is 4.49. The average molecular weight is 565 g/mol.